The predicted octanol–water partition coefficient (Wildman–Crippen LogP) is 1.23. The number of nitrogens with zero attached hydrogens (tertiary/aromatic N) is 3. The van der Waals surface area contributed by atoms with Crippen LogP contribution in [0, 0.1) is 0 Å². The van der Waals surface area contributed by atoms with E-state index in [2.05, 4.69) is 46.9 Å². The van der Waals surface area contributed by atoms with E-state index in [4.69, 9.17) is 0 Å². The van der Waals surface area contributed by atoms with E-state index in [1.54, 1.807) is 6.34 Å². The summed E-state index contributed by atoms with van der Waals surface area (Å²) in [6.45, 7) is 12.2. The maximum absolute atomic E-state index is 10.1. The van der Waals surface area contributed by atoms with Gasteiger partial charge in [0.05, 0.1) is 12.9 Å². The minimum Gasteiger partial charge on any atom is -0.377 e. The maximum Gasteiger partial charge on any atom is 0.124 e. The van der Waals surface area contributed by atoms with Crippen molar-refractivity contribution in [2.75, 3.05) is 19.8 Å². The molecule has 0 aromatic rings. The molecule has 0 saturated heterocycles. The molecular weight excluding hydrogens is 304 g/mol. The number of rotatable bonds is 11. The largest absolute Gasteiger partial charge is 0.377 e. The molecular formula is C17H34N6O. The van der Waals surface area contributed by atoms with Crippen LogP contribution in [0.15, 0.2) is 21.8 Å². The van der Waals surface area contributed by atoms with Gasteiger partial charge in [-0.15, -0.1) is 0 Å². The second-order valence-electron chi connectivity index (χ2n) is 6.41. The van der Waals surface area contributed by atoms with Crippen molar-refractivity contribution in [3.05, 3.63) is 11.8 Å². The van der Waals surface area contributed by atoms with E-state index in [1.165, 1.54) is 0 Å². The molecule has 3 unspecified atom stereocenters. The van der Waals surface area contributed by atoms with Crippen LogP contribution in [0.3, 0.4) is 0 Å². The summed E-state index contributed by atoms with van der Waals surface area (Å²) in [5, 5.41) is 13.2. The molecule has 1 aliphatic heterocycles. The summed E-state index contributed by atoms with van der Waals surface area (Å²) in [5.41, 5.74) is 8.50. The number of allylic oxidation sites excluding steroid dienone is 2. The normalized spacial score (nSPS) is 19.2. The molecule has 4 N–H and O–H groups in total. The molecule has 1 heterocycles. The molecule has 0 fully saturated rings. The lowest BCUT2D eigenvalue weighted by Gasteiger charge is -2.22. The van der Waals surface area contributed by atoms with Crippen molar-refractivity contribution in [2.45, 2.75) is 65.8 Å². The number of hydrazine groups is 1. The van der Waals surface area contributed by atoms with E-state index in [-0.39, 0.29) is 6.04 Å². The quantitative estimate of drug-likeness (QED) is 0.197. The molecule has 0 radical (unpaired) electrons. The Morgan fingerprint density at radius 1 is 1.33 bits per heavy atom. The zero-order chi connectivity index (χ0) is 17.9. The Labute approximate surface area is 146 Å². The Morgan fingerprint density at radius 3 is 2.71 bits per heavy atom. The number of nitrogens with one attached hydrogen (secondary N) is 3. The van der Waals surface area contributed by atoms with E-state index in [9.17, 15) is 5.11 Å². The van der Waals surface area contributed by atoms with Gasteiger partial charge in [-0.25, -0.2) is 0 Å². The van der Waals surface area contributed by atoms with Crippen LogP contribution in [0.1, 0.15) is 47.5 Å². The Bertz CT molecular complexity index is 448. The van der Waals surface area contributed by atoms with Crippen molar-refractivity contribution in [3.8, 4) is 0 Å². The van der Waals surface area contributed by atoms with E-state index in [0.717, 1.165) is 30.8 Å². The van der Waals surface area contributed by atoms with E-state index in [0.29, 0.717) is 19.3 Å². The predicted molar refractivity (Wildman–Crippen MR) is 101 cm³/mol. The topological polar surface area (TPSA) is 84.3 Å². The van der Waals surface area contributed by atoms with Gasteiger partial charge in [0.1, 0.15) is 12.9 Å². The number of hydrogen-bond acceptors (Lipinski definition) is 6. The second-order valence-corrected chi connectivity index (χ2v) is 6.41. The van der Waals surface area contributed by atoms with Gasteiger partial charge in [-0.3, -0.25) is 26.2 Å². The summed E-state index contributed by atoms with van der Waals surface area (Å²) in [4.78, 5) is 10.6. The molecule has 138 valence electrons. The molecule has 0 bridgehead atoms. The first-order valence-corrected chi connectivity index (χ1v) is 8.80. The number of aliphatic hydroxyl groups is 1. The number of hydrogen-bond donors (Lipinski definition) is 4. The minimum atomic E-state index is -0.632. The zero-order valence-electron chi connectivity index (χ0n) is 15.7. The molecule has 3 atom stereocenters. The van der Waals surface area contributed by atoms with Crippen molar-refractivity contribution >= 4 is 12.1 Å². The lowest BCUT2D eigenvalue weighted by Crippen LogP contribution is -2.42. The third-order valence-corrected chi connectivity index (χ3v) is 3.88. The van der Waals surface area contributed by atoms with Crippen molar-refractivity contribution in [1.82, 2.24) is 21.1 Å². The lowest BCUT2D eigenvalue weighted by molar-refractivity contribution is 0.130. The summed E-state index contributed by atoms with van der Waals surface area (Å²) < 4.78 is 0. The molecule has 7 heteroatoms. The van der Waals surface area contributed by atoms with Gasteiger partial charge in [-0.1, -0.05) is 6.92 Å². The molecule has 0 aromatic carbocycles. The summed E-state index contributed by atoms with van der Waals surface area (Å²) in [6, 6.07) is 0.646. The van der Waals surface area contributed by atoms with Crippen LogP contribution in [0.2, 0.25) is 0 Å². The molecule has 0 aromatic heterocycles. The van der Waals surface area contributed by atoms with Crippen LogP contribution < -0.4 is 16.2 Å². The third kappa shape index (κ3) is 8.54. The smallest absolute Gasteiger partial charge is 0.124 e. The molecule has 1 aliphatic rings. The van der Waals surface area contributed by atoms with Gasteiger partial charge in [0, 0.05) is 30.0 Å². The minimum absolute atomic E-state index is 0.241. The highest BCUT2D eigenvalue weighted by molar-refractivity contribution is 5.94. The van der Waals surface area contributed by atoms with Gasteiger partial charge in [-0.05, 0) is 46.6 Å². The zero-order valence-corrected chi connectivity index (χ0v) is 15.7. The lowest BCUT2D eigenvalue weighted by atomic mass is 10.1. The number of aliphatic imine (C=N–C) groups is 2. The van der Waals surface area contributed by atoms with E-state index >= 15 is 0 Å². The Morgan fingerprint density at radius 2 is 2.04 bits per heavy atom. The summed E-state index contributed by atoms with van der Waals surface area (Å²) in [5.74, 6) is 0. The van der Waals surface area contributed by atoms with Gasteiger partial charge in [0.15, 0.2) is 0 Å². The van der Waals surface area contributed by atoms with E-state index in [1.807, 2.05) is 24.8 Å². The Kier molecular flexibility index (Phi) is 9.78. The molecule has 0 aliphatic carbocycles. The van der Waals surface area contributed by atoms with Gasteiger partial charge in [-0.2, -0.15) is 0 Å². The maximum atomic E-state index is 10.1. The standard InChI is InChI=1S/C17H34N6O/c1-6-20-22-14(3)8-7-13(2)21-17(24)10-18-11-23-12-19-15(4)9-16(23)5/h9,11,13-14,17,20-22,24H,6-8,10,12H2,1-5H3/b18-11-. The molecule has 0 saturated carbocycles. The molecule has 1 rings (SSSR count). The van der Waals surface area contributed by atoms with Crippen LogP contribution >= 0.6 is 0 Å². The first kappa shape index (κ1) is 20.8. The highest BCUT2D eigenvalue weighted by Gasteiger charge is 2.11. The Balaban J connectivity index is 2.22. The molecule has 24 heavy (non-hydrogen) atoms. The van der Waals surface area contributed by atoms with Crippen molar-refractivity contribution in [3.63, 3.8) is 0 Å². The monoisotopic (exact) mass is 338 g/mol. The van der Waals surface area contributed by atoms with Crippen molar-refractivity contribution in [1.29, 1.82) is 0 Å². The summed E-state index contributed by atoms with van der Waals surface area (Å²) in [6.07, 6.45) is 5.16. The number of aliphatic hydroxyl groups excluding tert-OH is 1. The van der Waals surface area contributed by atoms with Crippen molar-refractivity contribution < 1.29 is 5.11 Å². The fourth-order valence-electron chi connectivity index (χ4n) is 2.42. The van der Waals surface area contributed by atoms with Crippen LogP contribution in [0.25, 0.3) is 0 Å². The summed E-state index contributed by atoms with van der Waals surface area (Å²) in [7, 11) is 0. The van der Waals surface area contributed by atoms with Gasteiger partial charge < -0.3 is 10.0 Å². The fourth-order valence-corrected chi connectivity index (χ4v) is 2.42. The van der Waals surface area contributed by atoms with Crippen LogP contribution in [-0.2, 0) is 0 Å². The van der Waals surface area contributed by atoms with Crippen LogP contribution in [-0.4, -0.2) is 60.1 Å². The Hall–Kier alpha value is -1.28. The average Bonchev–Trinajstić information content (AvgIpc) is 2.53. The fraction of sp³-hybridized carbons (Fsp3) is 0.765. The third-order valence-electron chi connectivity index (χ3n) is 3.88. The first-order valence-electron chi connectivity index (χ1n) is 8.80. The van der Waals surface area contributed by atoms with Gasteiger partial charge >= 0.3 is 0 Å². The highest BCUT2D eigenvalue weighted by Crippen LogP contribution is 2.07. The average molecular weight is 339 g/mol. The molecule has 0 amide bonds. The first-order chi connectivity index (χ1) is 11.4. The molecule has 0 spiro atoms. The van der Waals surface area contributed by atoms with Crippen molar-refractivity contribution in [2.24, 2.45) is 9.98 Å². The summed E-state index contributed by atoms with van der Waals surface area (Å²) >= 11 is 0. The second kappa shape index (κ2) is 11.3. The van der Waals surface area contributed by atoms with E-state index < -0.39 is 6.23 Å². The highest BCUT2D eigenvalue weighted by atomic mass is 16.3. The molecule has 7 nitrogen and oxygen atoms in total. The van der Waals surface area contributed by atoms with Gasteiger partial charge in [0.25, 0.3) is 0 Å². The van der Waals surface area contributed by atoms with Crippen LogP contribution in [0.5, 0.6) is 0 Å². The SMILES string of the molecule is CCNNC(C)CCC(C)NC(O)C/N=C\N1CN=C(C)C=C1C. The van der Waals surface area contributed by atoms with Gasteiger partial charge in [0.2, 0.25) is 0 Å². The van der Waals surface area contributed by atoms with Crippen LogP contribution in [0.4, 0.5) is 0 Å².